The van der Waals surface area contributed by atoms with Crippen LogP contribution in [0.4, 0.5) is 10.9 Å². The van der Waals surface area contributed by atoms with Crippen LogP contribution in [-0.2, 0) is 11.3 Å². The van der Waals surface area contributed by atoms with Crippen LogP contribution in [0.2, 0.25) is 0 Å². The first kappa shape index (κ1) is 14.5. The Morgan fingerprint density at radius 3 is 2.68 bits per heavy atom. The van der Waals surface area contributed by atoms with Crippen LogP contribution >= 0.6 is 11.3 Å². The molecule has 2 amide bonds. The summed E-state index contributed by atoms with van der Waals surface area (Å²) in [6.07, 6.45) is 0. The maximum Gasteiger partial charge on any atom is 0.268 e. The van der Waals surface area contributed by atoms with Crippen molar-refractivity contribution in [3.63, 3.8) is 0 Å². The van der Waals surface area contributed by atoms with Crippen molar-refractivity contribution in [3.8, 4) is 0 Å². The molecule has 1 aliphatic rings. The first-order chi connectivity index (χ1) is 10.6. The molecule has 1 aromatic carbocycles. The quantitative estimate of drug-likeness (QED) is 0.938. The van der Waals surface area contributed by atoms with Gasteiger partial charge in [-0.2, -0.15) is 0 Å². The standard InChI is InChI=1S/C15H16N4O2S/c1-18-9-11(20)19(2)13-12(14(18)21)22-15(17-13)16-8-10-6-4-3-5-7-10/h3-7H,8-9H2,1-2H3,(H,16,17). The van der Waals surface area contributed by atoms with Gasteiger partial charge >= 0.3 is 0 Å². The molecular weight excluding hydrogens is 300 g/mol. The van der Waals surface area contributed by atoms with E-state index >= 15 is 0 Å². The minimum Gasteiger partial charge on any atom is -0.357 e. The normalized spacial score (nSPS) is 14.8. The number of thiazole rings is 1. The third-order valence-electron chi connectivity index (χ3n) is 3.50. The van der Waals surface area contributed by atoms with Gasteiger partial charge in [-0.05, 0) is 5.56 Å². The largest absolute Gasteiger partial charge is 0.357 e. The molecule has 3 rings (SSSR count). The highest BCUT2D eigenvalue weighted by Crippen LogP contribution is 2.32. The molecule has 0 saturated carbocycles. The molecule has 114 valence electrons. The van der Waals surface area contributed by atoms with Crippen molar-refractivity contribution >= 4 is 34.1 Å². The number of amides is 2. The van der Waals surface area contributed by atoms with Crippen LogP contribution in [0.25, 0.3) is 0 Å². The number of nitrogens with one attached hydrogen (secondary N) is 1. The van der Waals surface area contributed by atoms with Crippen LogP contribution < -0.4 is 10.2 Å². The van der Waals surface area contributed by atoms with E-state index in [0.29, 0.717) is 22.4 Å². The van der Waals surface area contributed by atoms with Gasteiger partial charge in [-0.15, -0.1) is 0 Å². The van der Waals surface area contributed by atoms with Gasteiger partial charge in [0.05, 0.1) is 0 Å². The lowest BCUT2D eigenvalue weighted by molar-refractivity contribution is -0.118. The van der Waals surface area contributed by atoms with Crippen molar-refractivity contribution in [2.75, 3.05) is 30.9 Å². The van der Waals surface area contributed by atoms with Gasteiger partial charge in [0.15, 0.2) is 10.9 Å². The number of carbonyl (C=O) groups is 2. The molecule has 2 aromatic rings. The fraction of sp³-hybridized carbons (Fsp3) is 0.267. The summed E-state index contributed by atoms with van der Waals surface area (Å²) in [5.74, 6) is 0.118. The van der Waals surface area contributed by atoms with Gasteiger partial charge in [-0.25, -0.2) is 4.98 Å². The number of carbonyl (C=O) groups excluding carboxylic acids is 2. The van der Waals surface area contributed by atoms with Gasteiger partial charge < -0.3 is 10.2 Å². The Morgan fingerprint density at radius 2 is 1.95 bits per heavy atom. The van der Waals surface area contributed by atoms with Gasteiger partial charge in [-0.3, -0.25) is 14.5 Å². The number of hydrogen-bond acceptors (Lipinski definition) is 5. The zero-order chi connectivity index (χ0) is 15.7. The molecule has 0 unspecified atom stereocenters. The van der Waals surface area contributed by atoms with Crippen molar-refractivity contribution < 1.29 is 9.59 Å². The summed E-state index contributed by atoms with van der Waals surface area (Å²) in [5, 5.41) is 3.84. The highest BCUT2D eigenvalue weighted by Gasteiger charge is 2.31. The van der Waals surface area contributed by atoms with E-state index in [9.17, 15) is 9.59 Å². The van der Waals surface area contributed by atoms with Gasteiger partial charge in [0.2, 0.25) is 5.91 Å². The average Bonchev–Trinajstić information content (AvgIpc) is 2.93. The summed E-state index contributed by atoms with van der Waals surface area (Å²) in [4.78, 5) is 32.1. The molecule has 0 fully saturated rings. The summed E-state index contributed by atoms with van der Waals surface area (Å²) >= 11 is 1.28. The van der Waals surface area contributed by atoms with Crippen LogP contribution in [0.15, 0.2) is 30.3 Å². The van der Waals surface area contributed by atoms with Gasteiger partial charge in [-0.1, -0.05) is 41.7 Å². The maximum absolute atomic E-state index is 12.3. The molecule has 0 atom stereocenters. The zero-order valence-corrected chi connectivity index (χ0v) is 13.2. The van der Waals surface area contributed by atoms with Crippen molar-refractivity contribution in [2.24, 2.45) is 0 Å². The monoisotopic (exact) mass is 316 g/mol. The third kappa shape index (κ3) is 2.67. The van der Waals surface area contributed by atoms with Crippen LogP contribution in [0.3, 0.4) is 0 Å². The van der Waals surface area contributed by atoms with Crippen LogP contribution in [0.5, 0.6) is 0 Å². The molecule has 0 aliphatic carbocycles. The SMILES string of the molecule is CN1CC(=O)N(C)c2nc(NCc3ccccc3)sc2C1=O. The number of rotatable bonds is 3. The minimum atomic E-state index is -0.169. The molecule has 7 heteroatoms. The first-order valence-electron chi connectivity index (χ1n) is 6.87. The minimum absolute atomic E-state index is 0.0746. The van der Waals surface area contributed by atoms with Crippen molar-refractivity contribution in [2.45, 2.75) is 6.54 Å². The second-order valence-electron chi connectivity index (χ2n) is 5.12. The molecule has 0 bridgehead atoms. The van der Waals surface area contributed by atoms with Crippen molar-refractivity contribution in [3.05, 3.63) is 40.8 Å². The summed E-state index contributed by atoms with van der Waals surface area (Å²) in [6.45, 7) is 0.695. The molecule has 6 nitrogen and oxygen atoms in total. The Kier molecular flexibility index (Phi) is 3.81. The van der Waals surface area contributed by atoms with E-state index < -0.39 is 0 Å². The maximum atomic E-state index is 12.3. The predicted octanol–water partition coefficient (Wildman–Crippen LogP) is 1.80. The highest BCUT2D eigenvalue weighted by atomic mass is 32.1. The lowest BCUT2D eigenvalue weighted by Crippen LogP contribution is -2.35. The van der Waals surface area contributed by atoms with Gasteiger partial charge in [0.25, 0.3) is 5.91 Å². The molecular formula is C15H16N4O2S. The molecule has 22 heavy (non-hydrogen) atoms. The Bertz CT molecular complexity index is 714. The smallest absolute Gasteiger partial charge is 0.268 e. The fourth-order valence-electron chi connectivity index (χ4n) is 2.20. The van der Waals surface area contributed by atoms with Crippen LogP contribution in [0, 0.1) is 0 Å². The Hall–Kier alpha value is -2.41. The molecule has 2 heterocycles. The summed E-state index contributed by atoms with van der Waals surface area (Å²) < 4.78 is 0. The molecule has 1 aliphatic heterocycles. The van der Waals surface area contributed by atoms with Crippen LogP contribution in [0.1, 0.15) is 15.2 Å². The molecule has 0 radical (unpaired) electrons. The zero-order valence-electron chi connectivity index (χ0n) is 12.4. The Balaban J connectivity index is 1.84. The van der Waals surface area contributed by atoms with Crippen LogP contribution in [-0.4, -0.2) is 42.3 Å². The number of likely N-dealkylation sites (N-methyl/N-ethyl adjacent to an activating group) is 2. The topological polar surface area (TPSA) is 65.5 Å². The van der Waals surface area contributed by atoms with E-state index in [4.69, 9.17) is 0 Å². The van der Waals surface area contributed by atoms with E-state index in [1.165, 1.54) is 21.1 Å². The van der Waals surface area contributed by atoms with E-state index in [1.807, 2.05) is 30.3 Å². The predicted molar refractivity (Wildman–Crippen MR) is 86.3 cm³/mol. The third-order valence-corrected chi connectivity index (χ3v) is 4.49. The summed E-state index contributed by atoms with van der Waals surface area (Å²) in [7, 11) is 3.27. The lowest BCUT2D eigenvalue weighted by Gasteiger charge is -2.14. The van der Waals surface area contributed by atoms with E-state index in [2.05, 4.69) is 10.3 Å². The average molecular weight is 316 g/mol. The number of anilines is 2. The number of aromatic nitrogens is 1. The van der Waals surface area contributed by atoms with Gasteiger partial charge in [0, 0.05) is 20.6 Å². The Labute approximate surface area is 132 Å². The van der Waals surface area contributed by atoms with E-state index in [-0.39, 0.29) is 18.4 Å². The van der Waals surface area contributed by atoms with E-state index in [0.717, 1.165) is 5.56 Å². The second-order valence-corrected chi connectivity index (χ2v) is 6.12. The summed E-state index contributed by atoms with van der Waals surface area (Å²) in [6, 6.07) is 9.93. The number of benzene rings is 1. The molecule has 0 saturated heterocycles. The molecule has 0 spiro atoms. The lowest BCUT2D eigenvalue weighted by atomic mass is 10.2. The highest BCUT2D eigenvalue weighted by molar-refractivity contribution is 7.18. The first-order valence-corrected chi connectivity index (χ1v) is 7.68. The number of nitrogens with zero attached hydrogens (tertiary/aromatic N) is 3. The second kappa shape index (κ2) is 5.76. The number of fused-ring (bicyclic) bond motifs is 1. The fourth-order valence-corrected chi connectivity index (χ4v) is 3.19. The molecule has 1 N–H and O–H groups in total. The summed E-state index contributed by atoms with van der Waals surface area (Å²) in [5.41, 5.74) is 1.13. The van der Waals surface area contributed by atoms with Gasteiger partial charge in [0.1, 0.15) is 11.4 Å². The number of hydrogen-bond donors (Lipinski definition) is 1. The Morgan fingerprint density at radius 1 is 1.23 bits per heavy atom. The molecule has 1 aromatic heterocycles. The van der Waals surface area contributed by atoms with Crippen molar-refractivity contribution in [1.82, 2.24) is 9.88 Å². The van der Waals surface area contributed by atoms with E-state index in [1.54, 1.807) is 14.1 Å². The van der Waals surface area contributed by atoms with Crippen molar-refractivity contribution in [1.29, 1.82) is 0 Å².